The van der Waals surface area contributed by atoms with E-state index in [1.807, 2.05) is 30.0 Å². The van der Waals surface area contributed by atoms with Crippen molar-refractivity contribution in [3.63, 3.8) is 0 Å². The molecule has 1 aromatic rings. The summed E-state index contributed by atoms with van der Waals surface area (Å²) in [5.74, 6) is 1.59. The lowest BCUT2D eigenvalue weighted by Gasteiger charge is -2.24. The van der Waals surface area contributed by atoms with Crippen LogP contribution in [0.4, 0.5) is 5.69 Å². The van der Waals surface area contributed by atoms with Crippen molar-refractivity contribution < 1.29 is 4.79 Å². The summed E-state index contributed by atoms with van der Waals surface area (Å²) in [6.07, 6.45) is 5.10. The minimum absolute atomic E-state index is 0.134. The number of hydrogen-bond donors (Lipinski definition) is 1. The third kappa shape index (κ3) is 2.91. The molecular weight excluding hydrogens is 236 g/mol. The fraction of sp³-hybridized carbons (Fsp3) is 0.562. The molecule has 0 unspecified atom stereocenters. The summed E-state index contributed by atoms with van der Waals surface area (Å²) in [6.45, 7) is 3.81. The second-order valence-corrected chi connectivity index (χ2v) is 6.14. The van der Waals surface area contributed by atoms with E-state index < -0.39 is 0 Å². The Morgan fingerprint density at radius 2 is 1.79 bits per heavy atom. The Morgan fingerprint density at radius 1 is 1.21 bits per heavy atom. The van der Waals surface area contributed by atoms with Gasteiger partial charge in [0.1, 0.15) is 0 Å². The Morgan fingerprint density at radius 3 is 2.26 bits per heavy atom. The van der Waals surface area contributed by atoms with Crippen LogP contribution in [0.2, 0.25) is 0 Å². The molecule has 0 aromatic heterocycles. The molecule has 0 atom stereocenters. The number of benzene rings is 1. The molecule has 2 saturated carbocycles. The van der Waals surface area contributed by atoms with Crippen LogP contribution in [-0.4, -0.2) is 23.9 Å². The first-order valence-electron chi connectivity index (χ1n) is 7.29. The van der Waals surface area contributed by atoms with Gasteiger partial charge >= 0.3 is 0 Å². The van der Waals surface area contributed by atoms with Crippen LogP contribution in [0.25, 0.3) is 0 Å². The molecule has 1 amide bonds. The van der Waals surface area contributed by atoms with Crippen LogP contribution in [0, 0.1) is 18.8 Å². The normalized spacial score (nSPS) is 18.4. The van der Waals surface area contributed by atoms with Crippen LogP contribution < -0.4 is 5.73 Å². The second-order valence-electron chi connectivity index (χ2n) is 6.14. The number of carbonyl (C=O) groups is 1. The molecule has 2 aliphatic carbocycles. The minimum Gasteiger partial charge on any atom is -0.398 e. The maximum Gasteiger partial charge on any atom is 0.256 e. The average Bonchev–Trinajstić information content (AvgIpc) is 3.22. The number of hydrogen-bond acceptors (Lipinski definition) is 2. The standard InChI is InChI=1S/C16H22N2O/c1-11-3-2-4-14(17)15(11)16(19)18(9-12-5-6-12)10-13-7-8-13/h2-4,12-13H,5-10,17H2,1H3. The zero-order valence-corrected chi connectivity index (χ0v) is 11.6. The van der Waals surface area contributed by atoms with Crippen molar-refractivity contribution in [2.75, 3.05) is 18.8 Å². The summed E-state index contributed by atoms with van der Waals surface area (Å²) in [5.41, 5.74) is 8.32. The van der Waals surface area contributed by atoms with Crippen molar-refractivity contribution in [3.05, 3.63) is 29.3 Å². The van der Waals surface area contributed by atoms with E-state index in [1.165, 1.54) is 25.7 Å². The summed E-state index contributed by atoms with van der Waals surface area (Å²) in [5, 5.41) is 0. The van der Waals surface area contributed by atoms with Crippen molar-refractivity contribution in [1.82, 2.24) is 4.90 Å². The first-order chi connectivity index (χ1) is 9.15. The lowest BCUT2D eigenvalue weighted by atomic mass is 10.0. The molecule has 0 saturated heterocycles. The molecule has 1 aromatic carbocycles. The summed E-state index contributed by atoms with van der Waals surface area (Å²) < 4.78 is 0. The van der Waals surface area contributed by atoms with Crippen LogP contribution in [0.3, 0.4) is 0 Å². The van der Waals surface area contributed by atoms with Gasteiger partial charge in [0.05, 0.1) is 5.56 Å². The molecule has 2 N–H and O–H groups in total. The van der Waals surface area contributed by atoms with Gasteiger partial charge in [-0.1, -0.05) is 12.1 Å². The average molecular weight is 258 g/mol. The maximum absolute atomic E-state index is 12.8. The van der Waals surface area contributed by atoms with Gasteiger partial charge in [0, 0.05) is 18.8 Å². The number of nitrogens with zero attached hydrogens (tertiary/aromatic N) is 1. The van der Waals surface area contributed by atoms with E-state index in [0.717, 1.165) is 30.5 Å². The molecule has 0 radical (unpaired) electrons. The summed E-state index contributed by atoms with van der Waals surface area (Å²) in [6, 6.07) is 5.70. The van der Waals surface area contributed by atoms with E-state index in [4.69, 9.17) is 5.73 Å². The molecule has 0 heterocycles. The van der Waals surface area contributed by atoms with E-state index in [2.05, 4.69) is 0 Å². The topological polar surface area (TPSA) is 46.3 Å². The first-order valence-corrected chi connectivity index (χ1v) is 7.29. The molecule has 0 aliphatic heterocycles. The zero-order chi connectivity index (χ0) is 13.4. The van der Waals surface area contributed by atoms with E-state index in [1.54, 1.807) is 0 Å². The minimum atomic E-state index is 0.134. The number of anilines is 1. The quantitative estimate of drug-likeness (QED) is 0.825. The van der Waals surface area contributed by atoms with Crippen molar-refractivity contribution in [3.8, 4) is 0 Å². The van der Waals surface area contributed by atoms with Crippen LogP contribution in [0.15, 0.2) is 18.2 Å². The van der Waals surface area contributed by atoms with Crippen molar-refractivity contribution >= 4 is 11.6 Å². The van der Waals surface area contributed by atoms with Gasteiger partial charge in [-0.25, -0.2) is 0 Å². The zero-order valence-electron chi connectivity index (χ0n) is 11.6. The smallest absolute Gasteiger partial charge is 0.256 e. The predicted molar refractivity (Wildman–Crippen MR) is 76.9 cm³/mol. The van der Waals surface area contributed by atoms with Crippen LogP contribution in [0.1, 0.15) is 41.6 Å². The fourth-order valence-electron chi connectivity index (χ4n) is 2.61. The highest BCUT2D eigenvalue weighted by Gasteiger charge is 2.32. The van der Waals surface area contributed by atoms with E-state index >= 15 is 0 Å². The van der Waals surface area contributed by atoms with Crippen molar-refractivity contribution in [2.24, 2.45) is 11.8 Å². The maximum atomic E-state index is 12.8. The van der Waals surface area contributed by atoms with Crippen molar-refractivity contribution in [1.29, 1.82) is 0 Å². The molecule has 19 heavy (non-hydrogen) atoms. The number of carbonyl (C=O) groups excluding carboxylic acids is 1. The second kappa shape index (κ2) is 4.87. The van der Waals surface area contributed by atoms with Gasteiger partial charge in [-0.05, 0) is 56.1 Å². The summed E-state index contributed by atoms with van der Waals surface area (Å²) in [4.78, 5) is 14.8. The number of aryl methyl sites for hydroxylation is 1. The van der Waals surface area contributed by atoms with Gasteiger partial charge in [-0.2, -0.15) is 0 Å². The number of nitrogens with two attached hydrogens (primary N) is 1. The van der Waals surface area contributed by atoms with Crippen LogP contribution >= 0.6 is 0 Å². The monoisotopic (exact) mass is 258 g/mol. The third-order valence-corrected chi connectivity index (χ3v) is 4.16. The number of rotatable bonds is 5. The van der Waals surface area contributed by atoms with Gasteiger partial charge in [0.15, 0.2) is 0 Å². The van der Waals surface area contributed by atoms with Crippen LogP contribution in [-0.2, 0) is 0 Å². The third-order valence-electron chi connectivity index (χ3n) is 4.16. The van der Waals surface area contributed by atoms with E-state index in [9.17, 15) is 4.79 Å². The number of nitrogen functional groups attached to an aromatic ring is 1. The molecule has 102 valence electrons. The lowest BCUT2D eigenvalue weighted by molar-refractivity contribution is 0.0740. The molecule has 2 aliphatic rings. The molecule has 3 heteroatoms. The Hall–Kier alpha value is -1.51. The molecule has 3 rings (SSSR count). The fourth-order valence-corrected chi connectivity index (χ4v) is 2.61. The predicted octanol–water partition coefficient (Wildman–Crippen LogP) is 2.84. The van der Waals surface area contributed by atoms with Gasteiger partial charge in [-0.15, -0.1) is 0 Å². The molecule has 0 spiro atoms. The molecular formula is C16H22N2O. The molecule has 0 bridgehead atoms. The lowest BCUT2D eigenvalue weighted by Crippen LogP contribution is -2.35. The highest BCUT2D eigenvalue weighted by Crippen LogP contribution is 2.34. The van der Waals surface area contributed by atoms with Gasteiger partial charge in [0.25, 0.3) is 5.91 Å². The first kappa shape index (κ1) is 12.5. The molecule has 3 nitrogen and oxygen atoms in total. The van der Waals surface area contributed by atoms with Crippen LogP contribution in [0.5, 0.6) is 0 Å². The Kier molecular flexibility index (Phi) is 3.21. The Labute approximate surface area is 114 Å². The highest BCUT2D eigenvalue weighted by atomic mass is 16.2. The van der Waals surface area contributed by atoms with E-state index in [-0.39, 0.29) is 5.91 Å². The van der Waals surface area contributed by atoms with E-state index in [0.29, 0.717) is 11.3 Å². The summed E-state index contributed by atoms with van der Waals surface area (Å²) >= 11 is 0. The van der Waals surface area contributed by atoms with Gasteiger partial charge in [-0.3, -0.25) is 4.79 Å². The number of amides is 1. The largest absolute Gasteiger partial charge is 0.398 e. The highest BCUT2D eigenvalue weighted by molar-refractivity contribution is 6.00. The SMILES string of the molecule is Cc1cccc(N)c1C(=O)N(CC1CC1)CC1CC1. The Bertz CT molecular complexity index is 455. The Balaban J connectivity index is 1.81. The van der Waals surface area contributed by atoms with Crippen molar-refractivity contribution in [2.45, 2.75) is 32.6 Å². The van der Waals surface area contributed by atoms with Gasteiger partial charge < -0.3 is 10.6 Å². The molecule has 2 fully saturated rings. The summed E-state index contributed by atoms with van der Waals surface area (Å²) in [7, 11) is 0. The van der Waals surface area contributed by atoms with Gasteiger partial charge in [0.2, 0.25) is 0 Å².